The van der Waals surface area contributed by atoms with Gasteiger partial charge in [-0.25, -0.2) is 0 Å². The van der Waals surface area contributed by atoms with Gasteiger partial charge in [0.25, 0.3) is 0 Å². The van der Waals surface area contributed by atoms with Crippen LogP contribution in [0.3, 0.4) is 0 Å². The van der Waals surface area contributed by atoms with E-state index in [4.69, 9.17) is 0 Å². The normalized spacial score (nSPS) is 21.4. The van der Waals surface area contributed by atoms with E-state index in [1.165, 1.54) is 130 Å². The number of hydrogen-bond acceptors (Lipinski definition) is 1. The monoisotopic (exact) mass is 689 g/mol. The van der Waals surface area contributed by atoms with Gasteiger partial charge in [0, 0.05) is 22.5 Å². The van der Waals surface area contributed by atoms with E-state index in [0.29, 0.717) is 0 Å². The van der Waals surface area contributed by atoms with Gasteiger partial charge in [0.1, 0.15) is 0 Å². The fourth-order valence-corrected chi connectivity index (χ4v) is 10.9. The maximum absolute atomic E-state index is 2.48. The molecule has 0 amide bonds. The predicted molar refractivity (Wildman–Crippen MR) is 224 cm³/mol. The van der Waals surface area contributed by atoms with E-state index in [2.05, 4.69) is 158 Å². The summed E-state index contributed by atoms with van der Waals surface area (Å²) in [6.45, 7) is 4.76. The summed E-state index contributed by atoms with van der Waals surface area (Å²) in [5.41, 5.74) is 17.3. The number of anilines is 3. The third kappa shape index (κ3) is 5.75. The van der Waals surface area contributed by atoms with Crippen molar-refractivity contribution < 1.29 is 0 Å². The Bertz CT molecular complexity index is 2250. The summed E-state index contributed by atoms with van der Waals surface area (Å²) in [5.74, 6) is 3.29. The zero-order valence-corrected chi connectivity index (χ0v) is 31.4. The first kappa shape index (κ1) is 32.7. The Morgan fingerprint density at radius 2 is 1.04 bits per heavy atom. The van der Waals surface area contributed by atoms with Crippen LogP contribution in [0.4, 0.5) is 17.1 Å². The fraction of sp³-hybridized carbons (Fsp3) is 0.308. The fourth-order valence-electron chi connectivity index (χ4n) is 10.9. The number of benzene rings is 6. The highest BCUT2D eigenvalue weighted by Gasteiger charge is 2.40. The Balaban J connectivity index is 1.01. The number of hydrogen-bond donors (Lipinski definition) is 0. The van der Waals surface area contributed by atoms with Crippen molar-refractivity contribution in [3.8, 4) is 33.4 Å². The molecule has 53 heavy (non-hydrogen) atoms. The van der Waals surface area contributed by atoms with Crippen LogP contribution in [0.2, 0.25) is 0 Å². The van der Waals surface area contributed by atoms with Crippen LogP contribution in [0.1, 0.15) is 106 Å². The van der Waals surface area contributed by atoms with Crippen LogP contribution in [-0.2, 0) is 5.41 Å². The summed E-state index contributed by atoms with van der Waals surface area (Å²) in [5, 5.41) is 0. The average Bonchev–Trinajstić information content (AvgIpc) is 3.92. The zero-order chi connectivity index (χ0) is 35.5. The molecule has 0 aliphatic heterocycles. The lowest BCUT2D eigenvalue weighted by atomic mass is 9.82. The molecule has 0 spiro atoms. The molecule has 4 aliphatic carbocycles. The molecule has 1 heteroatoms. The minimum atomic E-state index is -0.0541. The zero-order valence-electron chi connectivity index (χ0n) is 31.4. The summed E-state index contributed by atoms with van der Waals surface area (Å²) in [6, 6.07) is 53.5. The molecule has 2 bridgehead atoms. The molecule has 3 fully saturated rings. The number of rotatable bonds is 7. The smallest absolute Gasteiger partial charge is 0.0465 e. The highest BCUT2D eigenvalue weighted by atomic mass is 15.1. The van der Waals surface area contributed by atoms with Crippen molar-refractivity contribution in [1.29, 1.82) is 0 Å². The number of nitrogens with zero attached hydrogens (tertiary/aromatic N) is 1. The van der Waals surface area contributed by atoms with Crippen LogP contribution < -0.4 is 4.90 Å². The van der Waals surface area contributed by atoms with Gasteiger partial charge in [0.05, 0.1) is 0 Å². The molecule has 1 nitrogen and oxygen atoms in total. The van der Waals surface area contributed by atoms with Crippen molar-refractivity contribution in [2.24, 2.45) is 11.8 Å². The van der Waals surface area contributed by atoms with Gasteiger partial charge in [-0.3, -0.25) is 0 Å². The second-order valence-corrected chi connectivity index (χ2v) is 17.2. The molecule has 3 atom stereocenters. The van der Waals surface area contributed by atoms with Gasteiger partial charge < -0.3 is 4.90 Å². The summed E-state index contributed by atoms with van der Waals surface area (Å²) in [7, 11) is 0. The standard InChI is InChI=1S/C52H51N/c1-52(2)50-15-9-8-14-47(50)48-31-30-44(34-51(48)52)53(43-28-24-40(25-29-43)49-33-35-16-17-41(49)32-35)42-26-22-39(23-27-42)46-13-7-6-12-45(46)38-20-18-37(19-21-38)36-10-4-3-5-11-36/h6-9,12-15,18-31,34-36,41,49H,3-5,10-11,16-17,32-33H2,1-2H3. The second kappa shape index (κ2) is 13.2. The summed E-state index contributed by atoms with van der Waals surface area (Å²) in [6.07, 6.45) is 12.5. The van der Waals surface area contributed by atoms with Crippen LogP contribution in [-0.4, -0.2) is 0 Å². The predicted octanol–water partition coefficient (Wildman–Crippen LogP) is 14.7. The third-order valence-corrected chi connectivity index (χ3v) is 13.8. The van der Waals surface area contributed by atoms with E-state index in [1.807, 2.05) is 0 Å². The van der Waals surface area contributed by atoms with E-state index in [1.54, 1.807) is 0 Å². The topological polar surface area (TPSA) is 3.24 Å². The van der Waals surface area contributed by atoms with E-state index in [9.17, 15) is 0 Å². The molecule has 264 valence electrons. The quantitative estimate of drug-likeness (QED) is 0.161. The first-order chi connectivity index (χ1) is 26.0. The average molecular weight is 690 g/mol. The van der Waals surface area contributed by atoms with Gasteiger partial charge >= 0.3 is 0 Å². The molecule has 0 saturated heterocycles. The summed E-state index contributed by atoms with van der Waals surface area (Å²) in [4.78, 5) is 2.48. The van der Waals surface area contributed by atoms with Crippen LogP contribution >= 0.6 is 0 Å². The molecular weight excluding hydrogens is 639 g/mol. The molecule has 3 saturated carbocycles. The molecule has 0 heterocycles. The van der Waals surface area contributed by atoms with Crippen LogP contribution in [0.15, 0.2) is 140 Å². The van der Waals surface area contributed by atoms with Gasteiger partial charge in [-0.15, -0.1) is 0 Å². The van der Waals surface area contributed by atoms with Crippen molar-refractivity contribution in [2.45, 2.75) is 88.9 Å². The van der Waals surface area contributed by atoms with Gasteiger partial charge in [-0.05, 0) is 148 Å². The first-order valence-electron chi connectivity index (χ1n) is 20.5. The minimum Gasteiger partial charge on any atom is -0.310 e. The lowest BCUT2D eigenvalue weighted by molar-refractivity contribution is 0.420. The molecule has 0 N–H and O–H groups in total. The van der Waals surface area contributed by atoms with Gasteiger partial charge in [-0.2, -0.15) is 0 Å². The van der Waals surface area contributed by atoms with Crippen LogP contribution in [0.25, 0.3) is 33.4 Å². The Hall–Kier alpha value is -4.88. The SMILES string of the molecule is CC1(C)c2ccccc2-c2ccc(N(c3ccc(-c4ccccc4-c4ccc(C5CCCCC5)cc4)cc3)c3ccc(C4CC5CCC4C5)cc3)cc21. The minimum absolute atomic E-state index is 0.0541. The lowest BCUT2D eigenvalue weighted by Crippen LogP contribution is -2.16. The van der Waals surface area contributed by atoms with E-state index < -0.39 is 0 Å². The van der Waals surface area contributed by atoms with Gasteiger partial charge in [-0.1, -0.05) is 143 Å². The van der Waals surface area contributed by atoms with Gasteiger partial charge in [0.15, 0.2) is 0 Å². The molecular formula is C52H51N. The molecule has 0 radical (unpaired) electrons. The second-order valence-electron chi connectivity index (χ2n) is 17.2. The highest BCUT2D eigenvalue weighted by Crippen LogP contribution is 2.54. The third-order valence-electron chi connectivity index (χ3n) is 13.8. The molecule has 4 aliphatic rings. The summed E-state index contributed by atoms with van der Waals surface area (Å²) >= 11 is 0. The molecule has 6 aromatic carbocycles. The molecule has 6 aromatic rings. The van der Waals surface area contributed by atoms with Gasteiger partial charge in [0.2, 0.25) is 0 Å². The Morgan fingerprint density at radius 1 is 0.472 bits per heavy atom. The largest absolute Gasteiger partial charge is 0.310 e. The Kier molecular flexibility index (Phi) is 8.16. The van der Waals surface area contributed by atoms with Crippen molar-refractivity contribution in [3.05, 3.63) is 162 Å². The van der Waals surface area contributed by atoms with Crippen LogP contribution in [0, 0.1) is 11.8 Å². The summed E-state index contributed by atoms with van der Waals surface area (Å²) < 4.78 is 0. The first-order valence-corrected chi connectivity index (χ1v) is 20.5. The van der Waals surface area contributed by atoms with Crippen molar-refractivity contribution >= 4 is 17.1 Å². The van der Waals surface area contributed by atoms with Crippen molar-refractivity contribution in [2.75, 3.05) is 4.90 Å². The van der Waals surface area contributed by atoms with E-state index in [-0.39, 0.29) is 5.41 Å². The van der Waals surface area contributed by atoms with Crippen molar-refractivity contribution in [3.63, 3.8) is 0 Å². The number of fused-ring (bicyclic) bond motifs is 5. The van der Waals surface area contributed by atoms with Crippen LogP contribution in [0.5, 0.6) is 0 Å². The molecule has 3 unspecified atom stereocenters. The Morgan fingerprint density at radius 3 is 1.68 bits per heavy atom. The lowest BCUT2D eigenvalue weighted by Gasteiger charge is -2.29. The van der Waals surface area contributed by atoms with E-state index >= 15 is 0 Å². The maximum Gasteiger partial charge on any atom is 0.0465 e. The maximum atomic E-state index is 2.48. The highest BCUT2D eigenvalue weighted by molar-refractivity contribution is 5.87. The van der Waals surface area contributed by atoms with E-state index in [0.717, 1.165) is 23.7 Å². The Labute approximate surface area is 316 Å². The van der Waals surface area contributed by atoms with Crippen molar-refractivity contribution in [1.82, 2.24) is 0 Å². The molecule has 10 rings (SSSR count). The molecule has 0 aromatic heterocycles.